The Morgan fingerprint density at radius 1 is 1.41 bits per heavy atom. The summed E-state index contributed by atoms with van der Waals surface area (Å²) >= 11 is 5.66. The van der Waals surface area contributed by atoms with Crippen LogP contribution >= 0.6 is 11.6 Å². The molecule has 94 valence electrons. The van der Waals surface area contributed by atoms with Crippen molar-refractivity contribution < 1.29 is 4.79 Å². The lowest BCUT2D eigenvalue weighted by Gasteiger charge is -2.21. The zero-order valence-electron chi connectivity index (χ0n) is 10.7. The van der Waals surface area contributed by atoms with Crippen LogP contribution in [0.3, 0.4) is 0 Å². The van der Waals surface area contributed by atoms with Gasteiger partial charge in [-0.1, -0.05) is 0 Å². The molecule has 0 aliphatic carbocycles. The van der Waals surface area contributed by atoms with Gasteiger partial charge in [0.05, 0.1) is 11.3 Å². The number of carbonyl (C=O) groups is 1. The maximum atomic E-state index is 12.3. The van der Waals surface area contributed by atoms with Crippen LogP contribution in [0.1, 0.15) is 35.1 Å². The topological polar surface area (TPSA) is 33.2 Å². The molecule has 1 aromatic rings. The van der Waals surface area contributed by atoms with Crippen LogP contribution in [-0.2, 0) is 0 Å². The van der Waals surface area contributed by atoms with E-state index in [0.29, 0.717) is 24.5 Å². The fourth-order valence-corrected chi connectivity index (χ4v) is 1.86. The van der Waals surface area contributed by atoms with Gasteiger partial charge in [-0.25, -0.2) is 0 Å². The summed E-state index contributed by atoms with van der Waals surface area (Å²) in [6.07, 6.45) is 0.819. The Kier molecular flexibility index (Phi) is 5.42. The maximum absolute atomic E-state index is 12.3. The summed E-state index contributed by atoms with van der Waals surface area (Å²) in [5.41, 5.74) is 2.41. The van der Waals surface area contributed by atoms with E-state index in [0.717, 1.165) is 17.8 Å². The van der Waals surface area contributed by atoms with E-state index in [-0.39, 0.29) is 5.91 Å². The summed E-state index contributed by atoms with van der Waals surface area (Å²) in [5, 5.41) is 0. The molecule has 0 radical (unpaired) electrons. The Balaban J connectivity index is 2.86. The van der Waals surface area contributed by atoms with E-state index >= 15 is 0 Å². The monoisotopic (exact) mass is 254 g/mol. The standard InChI is InChI=1S/C13H19ClN2O/c1-4-16(9-5-8-14)13(17)12-7-6-10(2)15-11(12)3/h6-7H,4-5,8-9H2,1-3H3. The quantitative estimate of drug-likeness (QED) is 0.757. The predicted molar refractivity (Wildman–Crippen MR) is 70.6 cm³/mol. The zero-order valence-corrected chi connectivity index (χ0v) is 11.4. The molecule has 1 aromatic heterocycles. The lowest BCUT2D eigenvalue weighted by atomic mass is 10.1. The van der Waals surface area contributed by atoms with E-state index in [2.05, 4.69) is 4.98 Å². The molecule has 0 aromatic carbocycles. The number of hydrogen-bond acceptors (Lipinski definition) is 2. The lowest BCUT2D eigenvalue weighted by Crippen LogP contribution is -2.32. The molecule has 0 aliphatic rings. The van der Waals surface area contributed by atoms with Gasteiger partial charge in [0.15, 0.2) is 0 Å². The van der Waals surface area contributed by atoms with Gasteiger partial charge < -0.3 is 4.90 Å². The van der Waals surface area contributed by atoms with Crippen LogP contribution in [-0.4, -0.2) is 34.8 Å². The first-order chi connectivity index (χ1) is 8.10. The third-order valence-electron chi connectivity index (χ3n) is 2.69. The van der Waals surface area contributed by atoms with Crippen LogP contribution in [0.15, 0.2) is 12.1 Å². The van der Waals surface area contributed by atoms with Gasteiger partial charge in [-0.15, -0.1) is 11.6 Å². The fourth-order valence-electron chi connectivity index (χ4n) is 1.74. The smallest absolute Gasteiger partial charge is 0.255 e. The number of hydrogen-bond donors (Lipinski definition) is 0. The number of aryl methyl sites for hydroxylation is 2. The van der Waals surface area contributed by atoms with Crippen LogP contribution in [0.2, 0.25) is 0 Å². The fraction of sp³-hybridized carbons (Fsp3) is 0.538. The SMILES string of the molecule is CCN(CCCCl)C(=O)c1ccc(C)nc1C. The number of nitrogens with zero attached hydrogens (tertiary/aromatic N) is 2. The van der Waals surface area contributed by atoms with Gasteiger partial charge in [-0.2, -0.15) is 0 Å². The Hall–Kier alpha value is -1.09. The van der Waals surface area contributed by atoms with Gasteiger partial charge in [0.1, 0.15) is 0 Å². The molecule has 3 nitrogen and oxygen atoms in total. The minimum absolute atomic E-state index is 0.0441. The second-order valence-corrected chi connectivity index (χ2v) is 4.39. The highest BCUT2D eigenvalue weighted by Crippen LogP contribution is 2.10. The second kappa shape index (κ2) is 6.60. The van der Waals surface area contributed by atoms with Crippen LogP contribution in [0, 0.1) is 13.8 Å². The first-order valence-corrected chi connectivity index (χ1v) is 6.43. The number of pyridine rings is 1. The molecule has 0 unspecified atom stereocenters. The highest BCUT2D eigenvalue weighted by Gasteiger charge is 2.16. The average Bonchev–Trinajstić information content (AvgIpc) is 2.29. The van der Waals surface area contributed by atoms with Gasteiger partial charge in [0.25, 0.3) is 5.91 Å². The van der Waals surface area contributed by atoms with Crippen molar-refractivity contribution in [1.29, 1.82) is 0 Å². The number of aromatic nitrogens is 1. The largest absolute Gasteiger partial charge is 0.339 e. The molecule has 4 heteroatoms. The molecule has 0 atom stereocenters. The predicted octanol–water partition coefficient (Wildman–Crippen LogP) is 2.79. The first-order valence-electron chi connectivity index (χ1n) is 5.89. The molecular formula is C13H19ClN2O. The van der Waals surface area contributed by atoms with Crippen molar-refractivity contribution in [2.75, 3.05) is 19.0 Å². The average molecular weight is 255 g/mol. The van der Waals surface area contributed by atoms with Gasteiger partial charge in [0, 0.05) is 24.7 Å². The van der Waals surface area contributed by atoms with Gasteiger partial charge in [-0.05, 0) is 39.3 Å². The summed E-state index contributed by atoms with van der Waals surface area (Å²) < 4.78 is 0. The van der Waals surface area contributed by atoms with Crippen molar-refractivity contribution >= 4 is 17.5 Å². The highest BCUT2D eigenvalue weighted by molar-refractivity contribution is 6.17. The molecule has 0 spiro atoms. The molecule has 1 heterocycles. The number of alkyl halides is 1. The third-order valence-corrected chi connectivity index (χ3v) is 2.95. The minimum Gasteiger partial charge on any atom is -0.339 e. The highest BCUT2D eigenvalue weighted by atomic mass is 35.5. The van der Waals surface area contributed by atoms with Crippen molar-refractivity contribution in [3.8, 4) is 0 Å². The number of rotatable bonds is 5. The molecule has 1 rings (SSSR count). The van der Waals surface area contributed by atoms with Crippen LogP contribution in [0.4, 0.5) is 0 Å². The third kappa shape index (κ3) is 3.70. The Labute approximate surface area is 108 Å². The van der Waals surface area contributed by atoms with Crippen molar-refractivity contribution in [3.05, 3.63) is 29.1 Å². The molecule has 0 fully saturated rings. The Bertz CT molecular complexity index is 393. The van der Waals surface area contributed by atoms with Crippen molar-refractivity contribution in [2.45, 2.75) is 27.2 Å². The van der Waals surface area contributed by atoms with E-state index in [9.17, 15) is 4.79 Å². The van der Waals surface area contributed by atoms with Crippen LogP contribution in [0.5, 0.6) is 0 Å². The van der Waals surface area contributed by atoms with Crippen LogP contribution in [0.25, 0.3) is 0 Å². The van der Waals surface area contributed by atoms with Gasteiger partial charge >= 0.3 is 0 Å². The molecule has 1 amide bonds. The summed E-state index contributed by atoms with van der Waals surface area (Å²) in [5.74, 6) is 0.622. The summed E-state index contributed by atoms with van der Waals surface area (Å²) in [6, 6.07) is 3.72. The number of amides is 1. The molecule has 0 aliphatic heterocycles. The number of halogens is 1. The van der Waals surface area contributed by atoms with Crippen LogP contribution < -0.4 is 0 Å². The minimum atomic E-state index is 0.0441. The van der Waals surface area contributed by atoms with Crippen molar-refractivity contribution in [3.63, 3.8) is 0 Å². The van der Waals surface area contributed by atoms with Crippen molar-refractivity contribution in [1.82, 2.24) is 9.88 Å². The zero-order chi connectivity index (χ0) is 12.8. The normalized spacial score (nSPS) is 10.4. The van der Waals surface area contributed by atoms with E-state index in [1.165, 1.54) is 0 Å². The van der Waals surface area contributed by atoms with E-state index in [4.69, 9.17) is 11.6 Å². The first kappa shape index (κ1) is 14.0. The van der Waals surface area contributed by atoms with Crippen molar-refractivity contribution in [2.24, 2.45) is 0 Å². The summed E-state index contributed by atoms with van der Waals surface area (Å²) in [7, 11) is 0. The van der Waals surface area contributed by atoms with Gasteiger partial charge in [-0.3, -0.25) is 9.78 Å². The Morgan fingerprint density at radius 3 is 2.65 bits per heavy atom. The Morgan fingerprint density at radius 2 is 2.12 bits per heavy atom. The van der Waals surface area contributed by atoms with E-state index in [1.807, 2.05) is 37.8 Å². The lowest BCUT2D eigenvalue weighted by molar-refractivity contribution is 0.0763. The maximum Gasteiger partial charge on any atom is 0.255 e. The molecule has 17 heavy (non-hydrogen) atoms. The molecule has 0 saturated heterocycles. The van der Waals surface area contributed by atoms with E-state index < -0.39 is 0 Å². The summed E-state index contributed by atoms with van der Waals surface area (Å²) in [4.78, 5) is 18.4. The van der Waals surface area contributed by atoms with Gasteiger partial charge in [0.2, 0.25) is 0 Å². The molecular weight excluding hydrogens is 236 g/mol. The molecule has 0 bridgehead atoms. The van der Waals surface area contributed by atoms with E-state index in [1.54, 1.807) is 0 Å². The molecule has 0 saturated carbocycles. The number of carbonyl (C=O) groups excluding carboxylic acids is 1. The summed E-state index contributed by atoms with van der Waals surface area (Å²) in [6.45, 7) is 7.17. The second-order valence-electron chi connectivity index (χ2n) is 4.01. The molecule has 0 N–H and O–H groups in total.